The molecule has 168 valence electrons. The van der Waals surface area contributed by atoms with Crippen molar-refractivity contribution in [2.45, 2.75) is 32.1 Å². The second-order valence-electron chi connectivity index (χ2n) is 8.88. The number of hydroxylamine groups is 1. The van der Waals surface area contributed by atoms with Crippen LogP contribution in [-0.4, -0.2) is 72.0 Å². The van der Waals surface area contributed by atoms with Gasteiger partial charge in [0, 0.05) is 56.8 Å². The summed E-state index contributed by atoms with van der Waals surface area (Å²) < 4.78 is 0. The minimum Gasteiger partial charge on any atom is -0.368 e. The van der Waals surface area contributed by atoms with Gasteiger partial charge in [-0.15, -0.1) is 0 Å². The molecule has 3 aliphatic rings. The Kier molecular flexibility index (Phi) is 6.75. The third-order valence-corrected chi connectivity index (χ3v) is 7.09. The summed E-state index contributed by atoms with van der Waals surface area (Å²) in [5.74, 6) is -1.91. The molecular formula is C23H32N4O4. The number of piperazine rings is 1. The van der Waals surface area contributed by atoms with Crippen molar-refractivity contribution in [1.29, 1.82) is 0 Å². The minimum absolute atomic E-state index is 0.0339. The second-order valence-corrected chi connectivity index (χ2v) is 8.88. The van der Waals surface area contributed by atoms with E-state index in [0.717, 1.165) is 44.7 Å². The highest BCUT2D eigenvalue weighted by Gasteiger charge is 2.44. The van der Waals surface area contributed by atoms with Crippen molar-refractivity contribution in [2.24, 2.45) is 17.8 Å². The summed E-state index contributed by atoms with van der Waals surface area (Å²) in [6.07, 6.45) is 3.48. The molecule has 8 heteroatoms. The minimum atomic E-state index is -0.671. The molecule has 3 atom stereocenters. The number of nitrogens with one attached hydrogen (secondary N) is 1. The maximum atomic E-state index is 13.3. The zero-order valence-corrected chi connectivity index (χ0v) is 17.9. The van der Waals surface area contributed by atoms with Gasteiger partial charge in [0.1, 0.15) is 0 Å². The summed E-state index contributed by atoms with van der Waals surface area (Å²) in [6, 6.07) is 10.1. The van der Waals surface area contributed by atoms with Crippen LogP contribution in [0.1, 0.15) is 32.1 Å². The van der Waals surface area contributed by atoms with Crippen molar-refractivity contribution < 1.29 is 19.6 Å². The number of likely N-dealkylation sites (tertiary alicyclic amines) is 1. The Bertz CT molecular complexity index is 788. The molecule has 2 saturated heterocycles. The zero-order chi connectivity index (χ0) is 21.8. The van der Waals surface area contributed by atoms with Gasteiger partial charge in [-0.3, -0.25) is 19.6 Å². The molecule has 8 nitrogen and oxygen atoms in total. The van der Waals surface area contributed by atoms with Crippen LogP contribution >= 0.6 is 0 Å². The number of amides is 3. The van der Waals surface area contributed by atoms with Crippen LogP contribution < -0.4 is 10.4 Å². The van der Waals surface area contributed by atoms with Crippen LogP contribution in [-0.2, 0) is 14.4 Å². The van der Waals surface area contributed by atoms with E-state index in [-0.39, 0.29) is 17.7 Å². The Hall–Kier alpha value is -2.61. The summed E-state index contributed by atoms with van der Waals surface area (Å²) in [7, 11) is 0. The lowest BCUT2D eigenvalue weighted by molar-refractivity contribution is -0.150. The molecule has 2 aliphatic heterocycles. The first-order valence-electron chi connectivity index (χ1n) is 11.4. The highest BCUT2D eigenvalue weighted by molar-refractivity contribution is 5.89. The molecule has 0 spiro atoms. The number of hydrogen-bond donors (Lipinski definition) is 2. The van der Waals surface area contributed by atoms with E-state index >= 15 is 0 Å². The van der Waals surface area contributed by atoms with Gasteiger partial charge in [0.25, 0.3) is 0 Å². The molecule has 3 amide bonds. The van der Waals surface area contributed by atoms with Gasteiger partial charge < -0.3 is 14.7 Å². The number of rotatable bonds is 4. The highest BCUT2D eigenvalue weighted by Crippen LogP contribution is 2.37. The Balaban J connectivity index is 1.39. The smallest absolute Gasteiger partial charge is 0.247 e. The van der Waals surface area contributed by atoms with E-state index in [1.54, 1.807) is 5.48 Å². The molecule has 2 unspecified atom stereocenters. The molecule has 0 bridgehead atoms. The molecule has 4 rings (SSSR count). The largest absolute Gasteiger partial charge is 0.368 e. The molecule has 1 aliphatic carbocycles. The third kappa shape index (κ3) is 4.69. The summed E-state index contributed by atoms with van der Waals surface area (Å²) in [5, 5.41) is 9.27. The number of carbonyl (C=O) groups is 3. The second kappa shape index (κ2) is 9.68. The number of anilines is 1. The van der Waals surface area contributed by atoms with E-state index < -0.39 is 17.7 Å². The summed E-state index contributed by atoms with van der Waals surface area (Å²) >= 11 is 0. The lowest BCUT2D eigenvalue weighted by Crippen LogP contribution is -2.53. The van der Waals surface area contributed by atoms with Crippen molar-refractivity contribution in [3.05, 3.63) is 30.3 Å². The number of benzene rings is 1. The third-order valence-electron chi connectivity index (χ3n) is 7.09. The molecule has 0 radical (unpaired) electrons. The fraction of sp³-hybridized carbons (Fsp3) is 0.609. The van der Waals surface area contributed by atoms with E-state index in [1.807, 2.05) is 28.0 Å². The number of para-hydroxylation sites is 1. The molecule has 2 N–H and O–H groups in total. The van der Waals surface area contributed by atoms with Gasteiger partial charge in [-0.25, -0.2) is 5.48 Å². The quantitative estimate of drug-likeness (QED) is 0.560. The van der Waals surface area contributed by atoms with Gasteiger partial charge in [0.15, 0.2) is 0 Å². The SMILES string of the molecule is O=C(NO)[C@H]1CC(C(=O)N2CCCC2)CCC1C(=O)N1CCN(c2ccccc2)CC1. The maximum absolute atomic E-state index is 13.3. The summed E-state index contributed by atoms with van der Waals surface area (Å²) in [5.41, 5.74) is 2.88. The van der Waals surface area contributed by atoms with E-state index in [1.165, 1.54) is 0 Å². The van der Waals surface area contributed by atoms with Crippen molar-refractivity contribution in [2.75, 3.05) is 44.2 Å². The number of hydrogen-bond acceptors (Lipinski definition) is 5. The van der Waals surface area contributed by atoms with Gasteiger partial charge in [0.05, 0.1) is 5.92 Å². The van der Waals surface area contributed by atoms with Crippen LogP contribution in [0.25, 0.3) is 0 Å². The molecule has 1 aromatic rings. The van der Waals surface area contributed by atoms with Crippen LogP contribution in [0.4, 0.5) is 5.69 Å². The number of carbonyl (C=O) groups excluding carboxylic acids is 3. The Morgan fingerprint density at radius 1 is 0.806 bits per heavy atom. The first-order chi connectivity index (χ1) is 15.1. The van der Waals surface area contributed by atoms with Gasteiger partial charge in [-0.1, -0.05) is 18.2 Å². The van der Waals surface area contributed by atoms with Crippen LogP contribution in [0.5, 0.6) is 0 Å². The van der Waals surface area contributed by atoms with Crippen molar-refractivity contribution in [3.8, 4) is 0 Å². The monoisotopic (exact) mass is 428 g/mol. The first-order valence-corrected chi connectivity index (χ1v) is 11.4. The molecule has 1 aromatic carbocycles. The van der Waals surface area contributed by atoms with Gasteiger partial charge >= 0.3 is 0 Å². The van der Waals surface area contributed by atoms with E-state index in [2.05, 4.69) is 17.0 Å². The van der Waals surface area contributed by atoms with Crippen LogP contribution in [0.2, 0.25) is 0 Å². The lowest BCUT2D eigenvalue weighted by atomic mass is 9.72. The topological polar surface area (TPSA) is 93.2 Å². The van der Waals surface area contributed by atoms with Crippen molar-refractivity contribution in [3.63, 3.8) is 0 Å². The zero-order valence-electron chi connectivity index (χ0n) is 17.9. The summed E-state index contributed by atoms with van der Waals surface area (Å²) in [6.45, 7) is 4.26. The average Bonchev–Trinajstić information content (AvgIpc) is 3.38. The van der Waals surface area contributed by atoms with Gasteiger partial charge in [0.2, 0.25) is 17.7 Å². The molecule has 0 aromatic heterocycles. The van der Waals surface area contributed by atoms with E-state index in [9.17, 15) is 19.6 Å². The first kappa shape index (κ1) is 21.6. The van der Waals surface area contributed by atoms with Gasteiger partial charge in [-0.2, -0.15) is 0 Å². The highest BCUT2D eigenvalue weighted by atomic mass is 16.5. The van der Waals surface area contributed by atoms with Crippen molar-refractivity contribution in [1.82, 2.24) is 15.3 Å². The molecule has 31 heavy (non-hydrogen) atoms. The maximum Gasteiger partial charge on any atom is 0.247 e. The van der Waals surface area contributed by atoms with E-state index in [0.29, 0.717) is 32.4 Å². The predicted molar refractivity (Wildman–Crippen MR) is 115 cm³/mol. The summed E-state index contributed by atoms with van der Waals surface area (Å²) in [4.78, 5) is 44.5. The van der Waals surface area contributed by atoms with Gasteiger partial charge in [-0.05, 0) is 44.2 Å². The van der Waals surface area contributed by atoms with Crippen molar-refractivity contribution >= 4 is 23.4 Å². The fourth-order valence-corrected chi connectivity index (χ4v) is 5.32. The molecule has 2 heterocycles. The lowest BCUT2D eigenvalue weighted by Gasteiger charge is -2.41. The molecule has 1 saturated carbocycles. The Morgan fingerprint density at radius 3 is 2.10 bits per heavy atom. The standard InChI is InChI=1S/C23H32N4O4/c28-21(24-31)20-16-17(22(29)26-10-4-5-11-26)8-9-19(20)23(30)27-14-12-25(13-15-27)18-6-2-1-3-7-18/h1-3,6-7,17,19-20,31H,4-5,8-16H2,(H,24,28)/t17?,19?,20-/m0/s1. The Morgan fingerprint density at radius 2 is 1.45 bits per heavy atom. The average molecular weight is 429 g/mol. The molecular weight excluding hydrogens is 396 g/mol. The van der Waals surface area contributed by atoms with Crippen LogP contribution in [0.15, 0.2) is 30.3 Å². The van der Waals surface area contributed by atoms with E-state index in [4.69, 9.17) is 0 Å². The van der Waals surface area contributed by atoms with Crippen LogP contribution in [0.3, 0.4) is 0 Å². The predicted octanol–water partition coefficient (Wildman–Crippen LogP) is 1.50. The fourth-order valence-electron chi connectivity index (χ4n) is 5.32. The molecule has 3 fully saturated rings. The normalized spacial score (nSPS) is 26.6. The number of nitrogens with zero attached hydrogens (tertiary/aromatic N) is 3. The Labute approximate surface area is 183 Å². The van der Waals surface area contributed by atoms with Crippen LogP contribution in [0, 0.1) is 17.8 Å².